The van der Waals surface area contributed by atoms with E-state index in [0.717, 1.165) is 25.3 Å². The van der Waals surface area contributed by atoms with Crippen molar-refractivity contribution in [1.82, 2.24) is 10.2 Å². The van der Waals surface area contributed by atoms with Gasteiger partial charge in [0, 0.05) is 30.6 Å². The third kappa shape index (κ3) is 3.66. The molecule has 0 unspecified atom stereocenters. The van der Waals surface area contributed by atoms with Crippen LogP contribution >= 0.6 is 11.8 Å². The third-order valence-electron chi connectivity index (χ3n) is 3.49. The number of thioether (sulfide) groups is 1. The number of nitrogens with zero attached hydrogens (tertiary/aromatic N) is 1. The summed E-state index contributed by atoms with van der Waals surface area (Å²) in [5, 5.41) is 3.40. The van der Waals surface area contributed by atoms with Crippen LogP contribution in [0.4, 0.5) is 4.79 Å². The number of rotatable bonds is 2. The highest BCUT2D eigenvalue weighted by Gasteiger charge is 2.22. The van der Waals surface area contributed by atoms with Gasteiger partial charge in [-0.15, -0.1) is 0 Å². The molecule has 1 heterocycles. The van der Waals surface area contributed by atoms with E-state index in [1.807, 2.05) is 23.6 Å². The number of amides is 2. The lowest BCUT2D eigenvalue weighted by Gasteiger charge is -2.20. The number of urea groups is 1. The topological polar surface area (TPSA) is 32.3 Å². The lowest BCUT2D eigenvalue weighted by atomic mass is 10.0. The largest absolute Gasteiger partial charge is 0.338 e. The average Bonchev–Trinajstić information content (AvgIpc) is 2.65. The fraction of sp³-hybridized carbons (Fsp3) is 0.533. The summed E-state index contributed by atoms with van der Waals surface area (Å²) in [5.74, 6) is 1.01. The molecule has 1 aliphatic rings. The molecule has 0 radical (unpaired) electrons. The molecular weight excluding hydrogens is 256 g/mol. The molecule has 0 saturated carbocycles. The molecule has 1 saturated heterocycles. The van der Waals surface area contributed by atoms with E-state index in [-0.39, 0.29) is 6.03 Å². The molecule has 3 nitrogen and oxygen atoms in total. The molecule has 1 atom stereocenters. The zero-order chi connectivity index (χ0) is 13.7. The van der Waals surface area contributed by atoms with Gasteiger partial charge in [0.15, 0.2) is 0 Å². The summed E-state index contributed by atoms with van der Waals surface area (Å²) in [6.45, 7) is 6.52. The fourth-order valence-electron chi connectivity index (χ4n) is 2.43. The van der Waals surface area contributed by atoms with Crippen molar-refractivity contribution in [3.63, 3.8) is 0 Å². The van der Waals surface area contributed by atoms with Crippen LogP contribution in [0.1, 0.15) is 29.7 Å². The number of hydrogen-bond donors (Lipinski definition) is 1. The maximum Gasteiger partial charge on any atom is 0.317 e. The second kappa shape index (κ2) is 6.85. The molecule has 1 aromatic carbocycles. The zero-order valence-electron chi connectivity index (χ0n) is 11.7. The van der Waals surface area contributed by atoms with Crippen LogP contribution < -0.4 is 5.32 Å². The predicted octanol–water partition coefficient (Wildman–Crippen LogP) is 3.20. The smallest absolute Gasteiger partial charge is 0.317 e. The summed E-state index contributed by atoms with van der Waals surface area (Å²) in [4.78, 5) is 13.8. The minimum Gasteiger partial charge on any atom is -0.338 e. The van der Waals surface area contributed by atoms with E-state index in [9.17, 15) is 4.79 Å². The highest BCUT2D eigenvalue weighted by atomic mass is 32.2. The molecule has 19 heavy (non-hydrogen) atoms. The molecule has 1 fully saturated rings. The quantitative estimate of drug-likeness (QED) is 0.901. The van der Waals surface area contributed by atoms with Gasteiger partial charge in [0.2, 0.25) is 0 Å². The first-order chi connectivity index (χ1) is 9.22. The van der Waals surface area contributed by atoms with E-state index in [1.165, 1.54) is 11.1 Å². The second-order valence-corrected chi connectivity index (χ2v) is 6.14. The van der Waals surface area contributed by atoms with Crippen LogP contribution in [-0.4, -0.2) is 36.3 Å². The molecule has 104 valence electrons. The van der Waals surface area contributed by atoms with E-state index in [4.69, 9.17) is 0 Å². The van der Waals surface area contributed by atoms with Crippen LogP contribution in [0.5, 0.6) is 0 Å². The highest BCUT2D eigenvalue weighted by molar-refractivity contribution is 7.99. The van der Waals surface area contributed by atoms with Crippen LogP contribution in [-0.2, 0) is 0 Å². The molecule has 4 heteroatoms. The van der Waals surface area contributed by atoms with E-state index in [0.29, 0.717) is 11.8 Å². The Morgan fingerprint density at radius 3 is 2.95 bits per heavy atom. The number of aryl methyl sites for hydroxylation is 1. The molecular formula is C15H22N2OS. The van der Waals surface area contributed by atoms with Crippen molar-refractivity contribution >= 4 is 17.8 Å². The number of carbonyl (C=O) groups excluding carboxylic acids is 1. The van der Waals surface area contributed by atoms with Crippen molar-refractivity contribution in [2.45, 2.75) is 25.5 Å². The van der Waals surface area contributed by atoms with Gasteiger partial charge in [0.05, 0.1) is 0 Å². The van der Waals surface area contributed by atoms with Gasteiger partial charge in [0.1, 0.15) is 0 Å². The standard InChI is InChI=1S/C15H22N2OS/c1-3-16-15(18)17-9-8-14(19-11-10-17)13-7-5-4-6-12(13)2/h4-7,14H,3,8-11H2,1-2H3,(H,16,18)/t14-/m0/s1. The first-order valence-corrected chi connectivity index (χ1v) is 7.97. The van der Waals surface area contributed by atoms with Crippen LogP contribution in [0.2, 0.25) is 0 Å². The van der Waals surface area contributed by atoms with Gasteiger partial charge >= 0.3 is 6.03 Å². The summed E-state index contributed by atoms with van der Waals surface area (Å²) in [6, 6.07) is 8.65. The van der Waals surface area contributed by atoms with Gasteiger partial charge in [-0.05, 0) is 31.4 Å². The van der Waals surface area contributed by atoms with Crippen LogP contribution in [0, 0.1) is 6.92 Å². The van der Waals surface area contributed by atoms with Gasteiger partial charge in [-0.3, -0.25) is 0 Å². The van der Waals surface area contributed by atoms with Crippen LogP contribution in [0.25, 0.3) is 0 Å². The Hall–Kier alpha value is -1.16. The van der Waals surface area contributed by atoms with E-state index in [2.05, 4.69) is 36.5 Å². The SMILES string of the molecule is CCNC(=O)N1CCS[C@H](c2ccccc2C)CC1. The van der Waals surface area contributed by atoms with Gasteiger partial charge < -0.3 is 10.2 Å². The van der Waals surface area contributed by atoms with E-state index in [1.54, 1.807) is 0 Å². The summed E-state index contributed by atoms with van der Waals surface area (Å²) >= 11 is 1.97. The molecule has 2 rings (SSSR count). The molecule has 0 aromatic heterocycles. The first-order valence-electron chi connectivity index (χ1n) is 6.92. The maximum atomic E-state index is 11.9. The van der Waals surface area contributed by atoms with Gasteiger partial charge in [0.25, 0.3) is 0 Å². The molecule has 1 aliphatic heterocycles. The number of benzene rings is 1. The molecule has 0 bridgehead atoms. The first kappa shape index (κ1) is 14.3. The Kier molecular flexibility index (Phi) is 5.14. The van der Waals surface area contributed by atoms with Crippen molar-refractivity contribution in [3.05, 3.63) is 35.4 Å². The fourth-order valence-corrected chi connectivity index (χ4v) is 3.76. The van der Waals surface area contributed by atoms with Crippen molar-refractivity contribution in [2.24, 2.45) is 0 Å². The minimum atomic E-state index is 0.0773. The van der Waals surface area contributed by atoms with Crippen molar-refractivity contribution < 1.29 is 4.79 Å². The number of nitrogens with one attached hydrogen (secondary N) is 1. The Morgan fingerprint density at radius 1 is 1.42 bits per heavy atom. The monoisotopic (exact) mass is 278 g/mol. The van der Waals surface area contributed by atoms with Gasteiger partial charge in [-0.25, -0.2) is 4.79 Å². The number of carbonyl (C=O) groups is 1. The summed E-state index contributed by atoms with van der Waals surface area (Å²) in [6.07, 6.45) is 1.03. The Balaban J connectivity index is 2.01. The third-order valence-corrected chi connectivity index (χ3v) is 4.80. The Bertz CT molecular complexity index is 436. The maximum absolute atomic E-state index is 11.9. The van der Waals surface area contributed by atoms with Gasteiger partial charge in [-0.2, -0.15) is 11.8 Å². The van der Waals surface area contributed by atoms with Crippen molar-refractivity contribution in [1.29, 1.82) is 0 Å². The summed E-state index contributed by atoms with van der Waals surface area (Å²) in [5.41, 5.74) is 2.77. The lowest BCUT2D eigenvalue weighted by Crippen LogP contribution is -2.41. The summed E-state index contributed by atoms with van der Waals surface area (Å²) in [7, 11) is 0. The molecule has 1 N–H and O–H groups in total. The second-order valence-electron chi connectivity index (χ2n) is 4.83. The Labute approximate surface area is 119 Å². The van der Waals surface area contributed by atoms with Crippen molar-refractivity contribution in [3.8, 4) is 0 Å². The average molecular weight is 278 g/mol. The highest BCUT2D eigenvalue weighted by Crippen LogP contribution is 2.35. The van der Waals surface area contributed by atoms with Gasteiger partial charge in [-0.1, -0.05) is 24.3 Å². The van der Waals surface area contributed by atoms with E-state index >= 15 is 0 Å². The predicted molar refractivity (Wildman–Crippen MR) is 81.6 cm³/mol. The zero-order valence-corrected chi connectivity index (χ0v) is 12.5. The molecule has 0 aliphatic carbocycles. The normalized spacial score (nSPS) is 19.9. The molecule has 2 amide bonds. The molecule has 0 spiro atoms. The number of hydrogen-bond acceptors (Lipinski definition) is 2. The minimum absolute atomic E-state index is 0.0773. The van der Waals surface area contributed by atoms with E-state index < -0.39 is 0 Å². The Morgan fingerprint density at radius 2 is 2.21 bits per heavy atom. The van der Waals surface area contributed by atoms with Crippen LogP contribution in [0.15, 0.2) is 24.3 Å². The summed E-state index contributed by atoms with van der Waals surface area (Å²) < 4.78 is 0. The molecule has 1 aromatic rings. The van der Waals surface area contributed by atoms with Crippen molar-refractivity contribution in [2.75, 3.05) is 25.4 Å². The lowest BCUT2D eigenvalue weighted by molar-refractivity contribution is 0.202. The van der Waals surface area contributed by atoms with Crippen LogP contribution in [0.3, 0.4) is 0 Å².